The summed E-state index contributed by atoms with van der Waals surface area (Å²) >= 11 is 0. The van der Waals surface area contributed by atoms with E-state index in [1.807, 2.05) is 0 Å². The molecular formula is C11H8O5. The Morgan fingerprint density at radius 3 is 2.56 bits per heavy atom. The third-order valence-corrected chi connectivity index (χ3v) is 2.22. The van der Waals surface area contributed by atoms with Crippen molar-refractivity contribution in [3.8, 4) is 5.95 Å². The summed E-state index contributed by atoms with van der Waals surface area (Å²) in [5, 5.41) is 9.49. The number of rotatable bonds is 1. The second-order valence-electron chi connectivity index (χ2n) is 3.22. The highest BCUT2D eigenvalue weighted by molar-refractivity contribution is 5.85. The van der Waals surface area contributed by atoms with Gasteiger partial charge in [0.1, 0.15) is 0 Å². The molecule has 0 radical (unpaired) electrons. The number of carboxylic acid groups (broad SMARTS) is 1. The first kappa shape index (κ1) is 10.2. The van der Waals surface area contributed by atoms with Gasteiger partial charge < -0.3 is 14.3 Å². The predicted molar refractivity (Wildman–Crippen MR) is 55.9 cm³/mol. The van der Waals surface area contributed by atoms with Crippen molar-refractivity contribution in [1.29, 1.82) is 0 Å². The topological polar surface area (TPSA) is 76.7 Å². The van der Waals surface area contributed by atoms with E-state index in [1.54, 1.807) is 31.2 Å². The molecule has 0 bridgehead atoms. The molecule has 1 aromatic carbocycles. The molecule has 82 valence electrons. The van der Waals surface area contributed by atoms with Crippen molar-refractivity contribution in [2.75, 3.05) is 0 Å². The summed E-state index contributed by atoms with van der Waals surface area (Å²) in [5.41, 5.74) is -0.130. The number of fused-ring (bicyclic) bond motifs is 1. The molecule has 0 unspecified atom stereocenters. The van der Waals surface area contributed by atoms with Crippen LogP contribution in [0, 0.1) is 6.92 Å². The SMILES string of the molecule is Cc1c(OC(=O)O)oc(=O)c2ccccc12. The Balaban J connectivity index is 2.75. The standard InChI is InChI=1S/C11H8O5/c1-6-7-4-2-3-5-8(7)9(12)15-10(6)16-11(13)14/h2-5H,1H3,(H,13,14). The Morgan fingerprint density at radius 1 is 1.31 bits per heavy atom. The van der Waals surface area contributed by atoms with Gasteiger partial charge in [-0.05, 0) is 18.4 Å². The van der Waals surface area contributed by atoms with Crippen molar-refractivity contribution >= 4 is 16.9 Å². The molecule has 5 heteroatoms. The third-order valence-electron chi connectivity index (χ3n) is 2.22. The highest BCUT2D eigenvalue weighted by Crippen LogP contribution is 2.24. The van der Waals surface area contributed by atoms with Crippen molar-refractivity contribution < 1.29 is 19.1 Å². The maximum Gasteiger partial charge on any atom is 0.513 e. The summed E-state index contributed by atoms with van der Waals surface area (Å²) in [6.45, 7) is 1.63. The number of carbonyl (C=O) groups is 1. The van der Waals surface area contributed by atoms with E-state index in [9.17, 15) is 9.59 Å². The second kappa shape index (κ2) is 3.69. The average Bonchev–Trinajstić information content (AvgIpc) is 2.25. The van der Waals surface area contributed by atoms with Gasteiger partial charge in [-0.15, -0.1) is 0 Å². The van der Waals surface area contributed by atoms with Crippen LogP contribution in [-0.2, 0) is 0 Å². The van der Waals surface area contributed by atoms with Crippen LogP contribution in [0.1, 0.15) is 5.56 Å². The highest BCUT2D eigenvalue weighted by Gasteiger charge is 2.13. The van der Waals surface area contributed by atoms with E-state index in [1.165, 1.54) is 0 Å². The quantitative estimate of drug-likeness (QED) is 0.745. The fourth-order valence-corrected chi connectivity index (χ4v) is 1.49. The Hall–Kier alpha value is -2.30. The summed E-state index contributed by atoms with van der Waals surface area (Å²) in [4.78, 5) is 21.9. The molecule has 0 aliphatic rings. The van der Waals surface area contributed by atoms with E-state index in [0.717, 1.165) is 0 Å². The molecule has 0 amide bonds. The van der Waals surface area contributed by atoms with Crippen LogP contribution in [0.15, 0.2) is 33.5 Å². The third kappa shape index (κ3) is 1.63. The lowest BCUT2D eigenvalue weighted by molar-refractivity contribution is 0.130. The number of hydrogen-bond acceptors (Lipinski definition) is 4. The normalized spacial score (nSPS) is 10.3. The first-order valence-corrected chi connectivity index (χ1v) is 4.53. The van der Waals surface area contributed by atoms with Crippen molar-refractivity contribution in [3.63, 3.8) is 0 Å². The molecule has 1 aromatic heterocycles. The van der Waals surface area contributed by atoms with Crippen LogP contribution in [-0.4, -0.2) is 11.3 Å². The molecule has 0 saturated heterocycles. The van der Waals surface area contributed by atoms with Crippen LogP contribution in [0.4, 0.5) is 4.79 Å². The van der Waals surface area contributed by atoms with Gasteiger partial charge in [-0.2, -0.15) is 0 Å². The van der Waals surface area contributed by atoms with Crippen LogP contribution < -0.4 is 10.4 Å². The molecule has 0 fully saturated rings. The van der Waals surface area contributed by atoms with Crippen LogP contribution in [0.25, 0.3) is 10.8 Å². The highest BCUT2D eigenvalue weighted by atomic mass is 16.7. The summed E-state index contributed by atoms with van der Waals surface area (Å²) in [6.07, 6.45) is -1.51. The molecule has 1 N–H and O–H groups in total. The Labute approximate surface area is 89.9 Å². The van der Waals surface area contributed by atoms with Gasteiger partial charge in [0.2, 0.25) is 0 Å². The minimum Gasteiger partial charge on any atom is -0.449 e. The van der Waals surface area contributed by atoms with Gasteiger partial charge in [-0.3, -0.25) is 0 Å². The summed E-state index contributed by atoms with van der Waals surface area (Å²) in [7, 11) is 0. The van der Waals surface area contributed by atoms with Gasteiger partial charge in [0, 0.05) is 5.56 Å². The van der Waals surface area contributed by atoms with E-state index < -0.39 is 11.8 Å². The largest absolute Gasteiger partial charge is 0.513 e. The zero-order valence-electron chi connectivity index (χ0n) is 8.39. The molecule has 0 aliphatic heterocycles. The number of ether oxygens (including phenoxy) is 1. The van der Waals surface area contributed by atoms with Crippen molar-refractivity contribution in [2.45, 2.75) is 6.92 Å². The fraction of sp³-hybridized carbons (Fsp3) is 0.0909. The van der Waals surface area contributed by atoms with E-state index in [4.69, 9.17) is 9.52 Å². The predicted octanol–water partition coefficient (Wildman–Crippen LogP) is 2.16. The average molecular weight is 220 g/mol. The van der Waals surface area contributed by atoms with E-state index in [0.29, 0.717) is 16.3 Å². The lowest BCUT2D eigenvalue weighted by Crippen LogP contribution is -2.09. The molecule has 0 saturated carbocycles. The summed E-state index contributed by atoms with van der Waals surface area (Å²) in [5.74, 6) is -0.281. The smallest absolute Gasteiger partial charge is 0.449 e. The fourth-order valence-electron chi connectivity index (χ4n) is 1.49. The van der Waals surface area contributed by atoms with E-state index >= 15 is 0 Å². The van der Waals surface area contributed by atoms with Gasteiger partial charge in [0.25, 0.3) is 0 Å². The van der Waals surface area contributed by atoms with Gasteiger partial charge in [-0.1, -0.05) is 18.2 Å². The van der Waals surface area contributed by atoms with Crippen LogP contribution in [0.5, 0.6) is 5.95 Å². The Kier molecular flexibility index (Phi) is 2.36. The molecule has 0 aliphatic carbocycles. The van der Waals surface area contributed by atoms with Crippen molar-refractivity contribution in [2.24, 2.45) is 0 Å². The van der Waals surface area contributed by atoms with Crippen molar-refractivity contribution in [3.05, 3.63) is 40.2 Å². The first-order chi connectivity index (χ1) is 7.59. The molecule has 2 aromatic rings. The van der Waals surface area contributed by atoms with E-state index in [2.05, 4.69) is 4.74 Å². The Morgan fingerprint density at radius 2 is 1.94 bits per heavy atom. The number of hydrogen-bond donors (Lipinski definition) is 1. The minimum atomic E-state index is -1.51. The monoisotopic (exact) mass is 220 g/mol. The Bertz CT molecular complexity index is 611. The lowest BCUT2D eigenvalue weighted by Gasteiger charge is -2.04. The second-order valence-corrected chi connectivity index (χ2v) is 3.22. The molecule has 16 heavy (non-hydrogen) atoms. The van der Waals surface area contributed by atoms with Gasteiger partial charge >= 0.3 is 17.7 Å². The lowest BCUT2D eigenvalue weighted by atomic mass is 10.1. The molecule has 2 rings (SSSR count). The maximum atomic E-state index is 11.5. The van der Waals surface area contributed by atoms with Gasteiger partial charge in [-0.25, -0.2) is 9.59 Å². The van der Waals surface area contributed by atoms with Crippen LogP contribution >= 0.6 is 0 Å². The van der Waals surface area contributed by atoms with Crippen LogP contribution in [0.2, 0.25) is 0 Å². The van der Waals surface area contributed by atoms with E-state index in [-0.39, 0.29) is 5.95 Å². The van der Waals surface area contributed by atoms with Gasteiger partial charge in [0.05, 0.1) is 5.39 Å². The minimum absolute atomic E-state index is 0.281. The summed E-state index contributed by atoms with van der Waals surface area (Å²) in [6, 6.07) is 6.77. The maximum absolute atomic E-state index is 11.5. The number of benzene rings is 1. The van der Waals surface area contributed by atoms with Crippen molar-refractivity contribution in [1.82, 2.24) is 0 Å². The first-order valence-electron chi connectivity index (χ1n) is 4.53. The molecule has 0 atom stereocenters. The van der Waals surface area contributed by atoms with Crippen LogP contribution in [0.3, 0.4) is 0 Å². The zero-order valence-corrected chi connectivity index (χ0v) is 8.39. The molecule has 5 nitrogen and oxygen atoms in total. The zero-order chi connectivity index (χ0) is 11.7. The number of aryl methyl sites for hydroxylation is 1. The molecular weight excluding hydrogens is 212 g/mol. The molecule has 1 heterocycles. The molecule has 0 spiro atoms. The summed E-state index contributed by atoms with van der Waals surface area (Å²) < 4.78 is 9.16. The van der Waals surface area contributed by atoms with Gasteiger partial charge in [0.15, 0.2) is 0 Å².